The smallest absolute Gasteiger partial charge is 0.235 e. The van der Waals surface area contributed by atoms with E-state index < -0.39 is 0 Å². The van der Waals surface area contributed by atoms with Crippen molar-refractivity contribution in [3.8, 4) is 11.4 Å². The van der Waals surface area contributed by atoms with Gasteiger partial charge in [0.1, 0.15) is 0 Å². The molecule has 0 saturated carbocycles. The largest absolute Gasteiger partial charge is 0.348 e. The zero-order valence-corrected chi connectivity index (χ0v) is 17.5. The van der Waals surface area contributed by atoms with Crippen LogP contribution in [-0.2, 0) is 11.3 Å². The molecule has 0 saturated heterocycles. The second kappa shape index (κ2) is 9.97. The van der Waals surface area contributed by atoms with Crippen molar-refractivity contribution in [3.63, 3.8) is 0 Å². The van der Waals surface area contributed by atoms with Gasteiger partial charge in [-0.2, -0.15) is 0 Å². The van der Waals surface area contributed by atoms with Crippen LogP contribution in [-0.4, -0.2) is 44.9 Å². The summed E-state index contributed by atoms with van der Waals surface area (Å²) in [6.45, 7) is 4.95. The quantitative estimate of drug-likeness (QED) is 0.455. The van der Waals surface area contributed by atoms with Crippen LogP contribution in [0.25, 0.3) is 11.4 Å². The van der Waals surface area contributed by atoms with Crippen molar-refractivity contribution in [2.24, 2.45) is 0 Å². The third-order valence-electron chi connectivity index (χ3n) is 4.13. The molecule has 2 rings (SSSR count). The summed E-state index contributed by atoms with van der Waals surface area (Å²) in [6, 6.07) is 7.63. The molecule has 1 atom stereocenters. The maximum atomic E-state index is 12.2. The number of hydrogen-bond acceptors (Lipinski definition) is 4. The minimum atomic E-state index is -0.207. The fraction of sp³-hybridized carbons (Fsp3) is 0.526. The molecule has 0 aliphatic carbocycles. The highest BCUT2D eigenvalue weighted by atomic mass is 35.5. The zero-order chi connectivity index (χ0) is 19.1. The topological polar surface area (TPSA) is 51.0 Å². The van der Waals surface area contributed by atoms with E-state index in [1.165, 1.54) is 31.0 Å². The van der Waals surface area contributed by atoms with E-state index in [1.54, 1.807) is 19.0 Å². The molecule has 1 amide bonds. The Morgan fingerprint density at radius 2 is 1.88 bits per heavy atom. The van der Waals surface area contributed by atoms with Gasteiger partial charge in [-0.15, -0.1) is 10.2 Å². The molecule has 0 radical (unpaired) electrons. The summed E-state index contributed by atoms with van der Waals surface area (Å²) in [5, 5.41) is 10.0. The number of aromatic nitrogens is 3. The molecule has 142 valence electrons. The van der Waals surface area contributed by atoms with Gasteiger partial charge in [-0.3, -0.25) is 4.79 Å². The molecule has 0 N–H and O–H groups in total. The van der Waals surface area contributed by atoms with Crippen LogP contribution >= 0.6 is 23.4 Å². The van der Waals surface area contributed by atoms with Crippen molar-refractivity contribution in [2.75, 3.05) is 14.1 Å². The van der Waals surface area contributed by atoms with Crippen molar-refractivity contribution in [1.29, 1.82) is 0 Å². The van der Waals surface area contributed by atoms with Gasteiger partial charge in [0, 0.05) is 31.2 Å². The molecule has 2 aromatic rings. The average Bonchev–Trinajstić information content (AvgIpc) is 3.01. The SMILES string of the molecule is CCCCCCn1c(SC(C)C(=O)N(C)C)nnc1-c1ccc(Cl)cc1. The van der Waals surface area contributed by atoms with E-state index in [2.05, 4.69) is 21.7 Å². The van der Waals surface area contributed by atoms with Crippen LogP contribution in [0.1, 0.15) is 39.5 Å². The predicted molar refractivity (Wildman–Crippen MR) is 109 cm³/mol. The van der Waals surface area contributed by atoms with E-state index >= 15 is 0 Å². The van der Waals surface area contributed by atoms with Crippen LogP contribution in [0.15, 0.2) is 29.4 Å². The van der Waals surface area contributed by atoms with Crippen LogP contribution in [0.2, 0.25) is 5.02 Å². The van der Waals surface area contributed by atoms with Crippen molar-refractivity contribution < 1.29 is 4.79 Å². The number of carbonyl (C=O) groups excluding carboxylic acids is 1. The first-order valence-electron chi connectivity index (χ1n) is 9.01. The Bertz CT molecular complexity index is 715. The molecule has 0 aliphatic heterocycles. The van der Waals surface area contributed by atoms with Crippen molar-refractivity contribution >= 4 is 29.3 Å². The molecule has 0 spiro atoms. The summed E-state index contributed by atoms with van der Waals surface area (Å²) in [5.41, 5.74) is 0.982. The minimum absolute atomic E-state index is 0.0728. The number of hydrogen-bond donors (Lipinski definition) is 0. The van der Waals surface area contributed by atoms with Gasteiger partial charge in [0.2, 0.25) is 5.91 Å². The molecule has 26 heavy (non-hydrogen) atoms. The van der Waals surface area contributed by atoms with Crippen LogP contribution in [0.5, 0.6) is 0 Å². The predicted octanol–water partition coefficient (Wildman–Crippen LogP) is 4.75. The third-order valence-corrected chi connectivity index (χ3v) is 5.45. The zero-order valence-electron chi connectivity index (χ0n) is 15.9. The third kappa shape index (κ3) is 5.48. The molecule has 5 nitrogen and oxygen atoms in total. The fourth-order valence-electron chi connectivity index (χ4n) is 2.66. The van der Waals surface area contributed by atoms with Crippen LogP contribution in [0.3, 0.4) is 0 Å². The van der Waals surface area contributed by atoms with Gasteiger partial charge < -0.3 is 9.47 Å². The van der Waals surface area contributed by atoms with Crippen molar-refractivity contribution in [1.82, 2.24) is 19.7 Å². The van der Waals surface area contributed by atoms with Crippen LogP contribution in [0, 0.1) is 0 Å². The van der Waals surface area contributed by atoms with Gasteiger partial charge in [0.05, 0.1) is 5.25 Å². The van der Waals surface area contributed by atoms with Gasteiger partial charge in [0.15, 0.2) is 11.0 Å². The number of thioether (sulfide) groups is 1. The lowest BCUT2D eigenvalue weighted by atomic mass is 10.2. The highest BCUT2D eigenvalue weighted by molar-refractivity contribution is 8.00. The first-order valence-corrected chi connectivity index (χ1v) is 10.3. The fourth-order valence-corrected chi connectivity index (χ4v) is 3.81. The lowest BCUT2D eigenvalue weighted by molar-refractivity contribution is -0.127. The molecule has 1 unspecified atom stereocenters. The maximum absolute atomic E-state index is 12.2. The monoisotopic (exact) mass is 394 g/mol. The van der Waals surface area contributed by atoms with E-state index in [0.717, 1.165) is 29.5 Å². The summed E-state index contributed by atoms with van der Waals surface area (Å²) in [5.74, 6) is 0.897. The number of rotatable bonds is 9. The average molecular weight is 395 g/mol. The number of nitrogens with zero attached hydrogens (tertiary/aromatic N) is 4. The first-order chi connectivity index (χ1) is 12.4. The van der Waals surface area contributed by atoms with Gasteiger partial charge >= 0.3 is 0 Å². The lowest BCUT2D eigenvalue weighted by Crippen LogP contribution is -2.29. The highest BCUT2D eigenvalue weighted by Gasteiger charge is 2.21. The molecular formula is C19H27ClN4OS. The number of unbranched alkanes of at least 4 members (excludes halogenated alkanes) is 3. The summed E-state index contributed by atoms with van der Waals surface area (Å²) in [7, 11) is 3.54. The molecule has 7 heteroatoms. The minimum Gasteiger partial charge on any atom is -0.348 e. The van der Waals surface area contributed by atoms with E-state index in [0.29, 0.717) is 5.02 Å². The Morgan fingerprint density at radius 3 is 2.50 bits per heavy atom. The number of carbonyl (C=O) groups is 1. The number of halogens is 1. The van der Waals surface area contributed by atoms with Gasteiger partial charge in [-0.05, 0) is 37.6 Å². The van der Waals surface area contributed by atoms with Crippen LogP contribution in [0.4, 0.5) is 0 Å². The van der Waals surface area contributed by atoms with Gasteiger partial charge in [-0.1, -0.05) is 49.5 Å². The van der Waals surface area contributed by atoms with Crippen molar-refractivity contribution in [2.45, 2.75) is 56.5 Å². The molecular weight excluding hydrogens is 368 g/mol. The van der Waals surface area contributed by atoms with E-state index in [-0.39, 0.29) is 11.2 Å². The summed E-state index contributed by atoms with van der Waals surface area (Å²) < 4.78 is 2.13. The van der Waals surface area contributed by atoms with E-state index in [1.807, 2.05) is 31.2 Å². The Morgan fingerprint density at radius 1 is 1.19 bits per heavy atom. The van der Waals surface area contributed by atoms with E-state index in [4.69, 9.17) is 11.6 Å². The van der Waals surface area contributed by atoms with Crippen LogP contribution < -0.4 is 0 Å². The molecule has 1 heterocycles. The standard InChI is InChI=1S/C19H27ClN4OS/c1-5-6-7-8-13-24-17(15-9-11-16(20)12-10-15)21-22-19(24)26-14(2)18(25)23(3)4/h9-12,14H,5-8,13H2,1-4H3. The van der Waals surface area contributed by atoms with Gasteiger partial charge in [0.25, 0.3) is 0 Å². The molecule has 0 bridgehead atoms. The molecule has 0 aliphatic rings. The number of amides is 1. The molecule has 0 fully saturated rings. The van der Waals surface area contributed by atoms with Crippen molar-refractivity contribution in [3.05, 3.63) is 29.3 Å². The Labute approximate surface area is 165 Å². The highest BCUT2D eigenvalue weighted by Crippen LogP contribution is 2.28. The second-order valence-corrected chi connectivity index (χ2v) is 8.26. The Hall–Kier alpha value is -1.53. The first kappa shape index (κ1) is 20.8. The second-order valence-electron chi connectivity index (χ2n) is 6.52. The summed E-state index contributed by atoms with van der Waals surface area (Å²) in [4.78, 5) is 13.8. The summed E-state index contributed by atoms with van der Waals surface area (Å²) in [6.07, 6.45) is 4.65. The lowest BCUT2D eigenvalue weighted by Gasteiger charge is -2.17. The normalized spacial score (nSPS) is 12.2. The van der Waals surface area contributed by atoms with E-state index in [9.17, 15) is 4.79 Å². The Balaban J connectivity index is 2.26. The maximum Gasteiger partial charge on any atom is 0.235 e. The summed E-state index contributed by atoms with van der Waals surface area (Å²) >= 11 is 7.47. The van der Waals surface area contributed by atoms with Gasteiger partial charge in [-0.25, -0.2) is 0 Å². The molecule has 1 aromatic heterocycles. The molecule has 1 aromatic carbocycles. The Kier molecular flexibility index (Phi) is 7.97. The number of benzene rings is 1.